The van der Waals surface area contributed by atoms with Crippen LogP contribution in [0.5, 0.6) is 0 Å². The highest BCUT2D eigenvalue weighted by atomic mass is 16.2. The molecule has 7 nitrogen and oxygen atoms in total. The lowest BCUT2D eigenvalue weighted by molar-refractivity contribution is -0.135. The number of rotatable bonds is 3. The third kappa shape index (κ3) is 2.74. The normalized spacial score (nSPS) is 28.0. The van der Waals surface area contributed by atoms with Crippen LogP contribution in [-0.2, 0) is 9.59 Å². The molecule has 1 saturated carbocycles. The minimum absolute atomic E-state index is 0.0902. The van der Waals surface area contributed by atoms with E-state index < -0.39 is 11.6 Å². The van der Waals surface area contributed by atoms with Gasteiger partial charge in [0.1, 0.15) is 12.1 Å². The maximum absolute atomic E-state index is 12.4. The summed E-state index contributed by atoms with van der Waals surface area (Å²) in [5.74, 6) is -0.496. The Morgan fingerprint density at radius 2 is 2.05 bits per heavy atom. The highest BCUT2D eigenvalue weighted by Crippen LogP contribution is 2.34. The number of carbonyl (C=O) groups is 3. The first kappa shape index (κ1) is 14.3. The Kier molecular flexibility index (Phi) is 3.84. The molecular weight excluding hydrogens is 272 g/mol. The molecule has 3 N–H and O–H groups in total. The maximum Gasteiger partial charge on any atom is 0.325 e. The van der Waals surface area contributed by atoms with Gasteiger partial charge in [0.25, 0.3) is 5.91 Å². The molecule has 2 aliphatic heterocycles. The SMILES string of the molecule is O=C(CN1C(=O)NC2(CCCC2)C1=O)NC1CCCNC1. The Bertz CT molecular complexity index is 453. The number of imide groups is 1. The van der Waals surface area contributed by atoms with Crippen molar-refractivity contribution in [2.75, 3.05) is 19.6 Å². The molecule has 0 aromatic heterocycles. The van der Waals surface area contributed by atoms with Crippen LogP contribution in [0.4, 0.5) is 4.79 Å². The van der Waals surface area contributed by atoms with Crippen molar-refractivity contribution in [2.24, 2.45) is 0 Å². The zero-order valence-corrected chi connectivity index (χ0v) is 12.1. The highest BCUT2D eigenvalue weighted by molar-refractivity contribution is 6.09. The third-order valence-electron chi connectivity index (χ3n) is 4.67. The maximum atomic E-state index is 12.4. The number of urea groups is 1. The molecule has 1 atom stereocenters. The predicted octanol–water partition coefficient (Wildman–Crippen LogP) is -0.281. The van der Waals surface area contributed by atoms with E-state index >= 15 is 0 Å². The predicted molar refractivity (Wildman–Crippen MR) is 75.5 cm³/mol. The molecule has 3 fully saturated rings. The van der Waals surface area contributed by atoms with Gasteiger partial charge in [-0.1, -0.05) is 12.8 Å². The van der Waals surface area contributed by atoms with Crippen LogP contribution >= 0.6 is 0 Å². The van der Waals surface area contributed by atoms with Crippen molar-refractivity contribution in [1.82, 2.24) is 20.9 Å². The molecule has 0 bridgehead atoms. The second-order valence-electron chi connectivity index (χ2n) is 6.22. The molecule has 0 aromatic carbocycles. The van der Waals surface area contributed by atoms with Crippen LogP contribution in [0.15, 0.2) is 0 Å². The number of piperidine rings is 1. The van der Waals surface area contributed by atoms with Gasteiger partial charge >= 0.3 is 6.03 Å². The molecular formula is C14H22N4O3. The summed E-state index contributed by atoms with van der Waals surface area (Å²) in [6, 6.07) is -0.341. The molecule has 0 radical (unpaired) electrons. The van der Waals surface area contributed by atoms with Crippen LogP contribution in [0.25, 0.3) is 0 Å². The minimum Gasteiger partial charge on any atom is -0.351 e. The number of carbonyl (C=O) groups excluding carboxylic acids is 3. The summed E-state index contributed by atoms with van der Waals surface area (Å²) in [4.78, 5) is 37.5. The van der Waals surface area contributed by atoms with Gasteiger partial charge in [0.15, 0.2) is 0 Å². The van der Waals surface area contributed by atoms with E-state index in [0.717, 1.165) is 43.7 Å². The summed E-state index contributed by atoms with van der Waals surface area (Å²) in [6.45, 7) is 1.54. The van der Waals surface area contributed by atoms with Gasteiger partial charge in [-0.05, 0) is 32.2 Å². The van der Waals surface area contributed by atoms with Crippen LogP contribution in [0.1, 0.15) is 38.5 Å². The van der Waals surface area contributed by atoms with Crippen LogP contribution in [0.2, 0.25) is 0 Å². The van der Waals surface area contributed by atoms with Crippen LogP contribution in [0.3, 0.4) is 0 Å². The highest BCUT2D eigenvalue weighted by Gasteiger charge is 2.52. The zero-order valence-electron chi connectivity index (χ0n) is 12.1. The molecule has 2 heterocycles. The lowest BCUT2D eigenvalue weighted by Crippen LogP contribution is -2.50. The quantitative estimate of drug-likeness (QED) is 0.624. The lowest BCUT2D eigenvalue weighted by atomic mass is 9.98. The van der Waals surface area contributed by atoms with Crippen molar-refractivity contribution >= 4 is 17.8 Å². The first-order valence-electron chi connectivity index (χ1n) is 7.75. The molecule has 116 valence electrons. The standard InChI is InChI=1S/C14H22N4O3/c19-11(16-10-4-3-7-15-8-10)9-18-12(20)14(17-13(18)21)5-1-2-6-14/h10,15H,1-9H2,(H,16,19)(H,17,21). The molecule has 2 saturated heterocycles. The van der Waals surface area contributed by atoms with E-state index in [1.54, 1.807) is 0 Å². The largest absolute Gasteiger partial charge is 0.351 e. The van der Waals surface area contributed by atoms with Crippen molar-refractivity contribution in [2.45, 2.75) is 50.1 Å². The summed E-state index contributed by atoms with van der Waals surface area (Å²) >= 11 is 0. The molecule has 3 aliphatic rings. The van der Waals surface area contributed by atoms with Crippen molar-refractivity contribution in [3.63, 3.8) is 0 Å². The summed E-state index contributed by atoms with van der Waals surface area (Å²) in [5, 5.41) is 8.89. The van der Waals surface area contributed by atoms with Gasteiger partial charge in [0.05, 0.1) is 0 Å². The van der Waals surface area contributed by atoms with Crippen LogP contribution < -0.4 is 16.0 Å². The fourth-order valence-corrected chi connectivity index (χ4v) is 3.53. The Balaban J connectivity index is 1.58. The average molecular weight is 294 g/mol. The fraction of sp³-hybridized carbons (Fsp3) is 0.786. The summed E-state index contributed by atoms with van der Waals surface area (Å²) in [7, 11) is 0. The smallest absolute Gasteiger partial charge is 0.325 e. The molecule has 0 aromatic rings. The molecule has 1 aliphatic carbocycles. The minimum atomic E-state index is -0.732. The number of hydrogen-bond donors (Lipinski definition) is 3. The first-order valence-corrected chi connectivity index (χ1v) is 7.75. The van der Waals surface area contributed by atoms with Crippen molar-refractivity contribution in [1.29, 1.82) is 0 Å². The van der Waals surface area contributed by atoms with Gasteiger partial charge in [0, 0.05) is 12.6 Å². The van der Waals surface area contributed by atoms with Crippen molar-refractivity contribution in [3.05, 3.63) is 0 Å². The van der Waals surface area contributed by atoms with E-state index in [9.17, 15) is 14.4 Å². The van der Waals surface area contributed by atoms with E-state index in [2.05, 4.69) is 16.0 Å². The second kappa shape index (κ2) is 5.63. The second-order valence-corrected chi connectivity index (χ2v) is 6.22. The summed E-state index contributed by atoms with van der Waals surface area (Å²) < 4.78 is 0. The topological polar surface area (TPSA) is 90.5 Å². The molecule has 7 heteroatoms. The molecule has 3 rings (SSSR count). The Hall–Kier alpha value is -1.63. The van der Waals surface area contributed by atoms with E-state index in [4.69, 9.17) is 0 Å². The van der Waals surface area contributed by atoms with E-state index in [1.165, 1.54) is 0 Å². The fourth-order valence-electron chi connectivity index (χ4n) is 3.53. The van der Waals surface area contributed by atoms with Gasteiger partial charge in [-0.2, -0.15) is 0 Å². The van der Waals surface area contributed by atoms with Crippen LogP contribution in [0, 0.1) is 0 Å². The third-order valence-corrected chi connectivity index (χ3v) is 4.67. The molecule has 1 unspecified atom stereocenters. The summed E-state index contributed by atoms with van der Waals surface area (Å²) in [6.07, 6.45) is 5.21. The Morgan fingerprint density at radius 1 is 1.29 bits per heavy atom. The van der Waals surface area contributed by atoms with E-state index in [1.807, 2.05) is 0 Å². The van der Waals surface area contributed by atoms with E-state index in [-0.39, 0.29) is 24.4 Å². The van der Waals surface area contributed by atoms with Gasteiger partial charge in [-0.25, -0.2) is 4.79 Å². The van der Waals surface area contributed by atoms with Crippen molar-refractivity contribution < 1.29 is 14.4 Å². The van der Waals surface area contributed by atoms with Gasteiger partial charge < -0.3 is 16.0 Å². The monoisotopic (exact) mass is 294 g/mol. The molecule has 4 amide bonds. The van der Waals surface area contributed by atoms with Gasteiger partial charge in [0.2, 0.25) is 5.91 Å². The van der Waals surface area contributed by atoms with Crippen LogP contribution in [-0.4, -0.2) is 54.0 Å². The number of nitrogens with one attached hydrogen (secondary N) is 3. The average Bonchev–Trinajstić information content (AvgIpc) is 3.02. The van der Waals surface area contributed by atoms with Crippen molar-refractivity contribution in [3.8, 4) is 0 Å². The number of hydrogen-bond acceptors (Lipinski definition) is 4. The molecule has 21 heavy (non-hydrogen) atoms. The Morgan fingerprint density at radius 3 is 2.71 bits per heavy atom. The number of amides is 4. The Labute approximate surface area is 123 Å². The zero-order chi connectivity index (χ0) is 14.9. The van der Waals surface area contributed by atoms with Gasteiger partial charge in [-0.3, -0.25) is 14.5 Å². The molecule has 1 spiro atoms. The first-order chi connectivity index (χ1) is 10.1. The summed E-state index contributed by atoms with van der Waals surface area (Å²) in [5.41, 5.74) is -0.732. The number of nitrogens with zero attached hydrogens (tertiary/aromatic N) is 1. The van der Waals surface area contributed by atoms with E-state index in [0.29, 0.717) is 12.8 Å². The lowest BCUT2D eigenvalue weighted by Gasteiger charge is -2.25. The van der Waals surface area contributed by atoms with Gasteiger partial charge in [-0.15, -0.1) is 0 Å².